The van der Waals surface area contributed by atoms with Crippen LogP contribution < -0.4 is 4.80 Å². The molecule has 0 saturated heterocycles. The summed E-state index contributed by atoms with van der Waals surface area (Å²) in [6.07, 6.45) is 0. The highest BCUT2D eigenvalue weighted by Crippen LogP contribution is 2.24. The smallest absolute Gasteiger partial charge is 0.339 e. The van der Waals surface area contributed by atoms with Gasteiger partial charge in [-0.15, -0.1) is 0 Å². The van der Waals surface area contributed by atoms with E-state index >= 15 is 0 Å². The summed E-state index contributed by atoms with van der Waals surface area (Å²) in [6, 6.07) is 11.5. The van der Waals surface area contributed by atoms with Gasteiger partial charge in [0.25, 0.3) is 0 Å². The van der Waals surface area contributed by atoms with Crippen molar-refractivity contribution in [2.45, 2.75) is 0 Å². The maximum atomic E-state index is 11.1. The van der Waals surface area contributed by atoms with Crippen LogP contribution in [0.2, 0.25) is 5.02 Å². The molecule has 6 nitrogen and oxygen atoms in total. The molecule has 3 aromatic rings. The number of benzene rings is 2. The average molecular weight is 362 g/mol. The Balaban J connectivity index is 2.04. The van der Waals surface area contributed by atoms with Gasteiger partial charge in [0, 0.05) is 17.6 Å². The first-order valence-corrected chi connectivity index (χ1v) is 8.04. The Kier molecular flexibility index (Phi) is 4.37. The van der Waals surface area contributed by atoms with Crippen molar-refractivity contribution in [1.29, 1.82) is 0 Å². The number of halogens is 1. The second kappa shape index (κ2) is 6.46. The van der Waals surface area contributed by atoms with Crippen LogP contribution in [0.1, 0.15) is 10.4 Å². The minimum Gasteiger partial charge on any atom is -0.507 e. The summed E-state index contributed by atoms with van der Waals surface area (Å²) in [5.41, 5.74) is 1.15. The largest absolute Gasteiger partial charge is 0.507 e. The van der Waals surface area contributed by atoms with Crippen molar-refractivity contribution in [2.24, 2.45) is 12.0 Å². The van der Waals surface area contributed by atoms with Crippen molar-refractivity contribution < 1.29 is 15.0 Å². The Hall–Kier alpha value is -2.64. The zero-order valence-electron chi connectivity index (χ0n) is 12.5. The van der Waals surface area contributed by atoms with E-state index in [1.165, 1.54) is 23.5 Å². The number of aromatic hydroxyl groups is 1. The van der Waals surface area contributed by atoms with Crippen LogP contribution in [0.25, 0.3) is 10.6 Å². The first-order valence-electron chi connectivity index (χ1n) is 6.85. The summed E-state index contributed by atoms with van der Waals surface area (Å²) in [4.78, 5) is 16.1. The summed E-state index contributed by atoms with van der Waals surface area (Å²) >= 11 is 7.25. The summed E-state index contributed by atoms with van der Waals surface area (Å²) in [5.74, 6) is -1.50. The molecular formula is C16H12ClN3O3S. The monoisotopic (exact) mass is 361 g/mol. The number of aryl methyl sites for hydroxylation is 1. The molecule has 2 N–H and O–H groups in total. The second-order valence-corrected chi connectivity index (χ2v) is 6.33. The predicted molar refractivity (Wildman–Crippen MR) is 91.8 cm³/mol. The first kappa shape index (κ1) is 16.2. The van der Waals surface area contributed by atoms with Crippen LogP contribution in [0.4, 0.5) is 5.69 Å². The third kappa shape index (κ3) is 3.32. The number of hydrogen-bond donors (Lipinski definition) is 2. The highest BCUT2D eigenvalue weighted by atomic mass is 35.5. The van der Waals surface area contributed by atoms with E-state index in [2.05, 4.69) is 10.1 Å². The van der Waals surface area contributed by atoms with E-state index < -0.39 is 5.97 Å². The lowest BCUT2D eigenvalue weighted by atomic mass is 10.2. The first-order chi connectivity index (χ1) is 11.4. The molecule has 0 aliphatic heterocycles. The molecule has 1 heterocycles. The van der Waals surface area contributed by atoms with E-state index in [1.807, 2.05) is 12.1 Å². The lowest BCUT2D eigenvalue weighted by molar-refractivity contribution is 0.0694. The molecule has 0 aliphatic carbocycles. The van der Waals surface area contributed by atoms with Crippen molar-refractivity contribution in [3.05, 3.63) is 57.9 Å². The summed E-state index contributed by atoms with van der Waals surface area (Å²) in [6.45, 7) is 0. The zero-order chi connectivity index (χ0) is 17.3. The molecule has 0 unspecified atom stereocenters. The molecule has 0 fully saturated rings. The van der Waals surface area contributed by atoms with Crippen molar-refractivity contribution in [3.63, 3.8) is 0 Å². The van der Waals surface area contributed by atoms with Gasteiger partial charge in [-0.1, -0.05) is 35.1 Å². The van der Waals surface area contributed by atoms with Crippen molar-refractivity contribution in [3.8, 4) is 16.3 Å². The van der Waals surface area contributed by atoms with E-state index in [0.717, 1.165) is 10.6 Å². The SMILES string of the molecule is Cn1nc(-c2ccc(Cl)cc2)s/c1=N/c1ccc(O)c(C(=O)O)c1. The fourth-order valence-electron chi connectivity index (χ4n) is 2.03. The van der Waals surface area contributed by atoms with Crippen LogP contribution in [0.15, 0.2) is 47.5 Å². The summed E-state index contributed by atoms with van der Waals surface area (Å²) in [5, 5.41) is 24.4. The standard InChI is InChI=1S/C16H12ClN3O3S/c1-20-16(18-11-6-7-13(21)12(8-11)15(22)23)24-14(19-20)9-2-4-10(17)5-3-9/h2-8,21H,1H3,(H,22,23)/b18-16+. The minimum atomic E-state index is -1.21. The highest BCUT2D eigenvalue weighted by Gasteiger charge is 2.10. The molecule has 0 aliphatic rings. The molecule has 0 atom stereocenters. The molecule has 3 rings (SSSR count). The Morgan fingerprint density at radius 3 is 2.62 bits per heavy atom. The van der Waals surface area contributed by atoms with Crippen LogP contribution in [0.3, 0.4) is 0 Å². The van der Waals surface area contributed by atoms with Crippen LogP contribution in [0.5, 0.6) is 5.75 Å². The number of phenols is 1. The van der Waals surface area contributed by atoms with Crippen LogP contribution >= 0.6 is 22.9 Å². The number of aromatic nitrogens is 2. The topological polar surface area (TPSA) is 87.7 Å². The van der Waals surface area contributed by atoms with E-state index in [-0.39, 0.29) is 11.3 Å². The van der Waals surface area contributed by atoms with Gasteiger partial charge in [-0.25, -0.2) is 14.5 Å². The van der Waals surface area contributed by atoms with Crippen molar-refractivity contribution in [1.82, 2.24) is 9.78 Å². The Morgan fingerprint density at radius 1 is 1.25 bits per heavy atom. The maximum Gasteiger partial charge on any atom is 0.339 e. The zero-order valence-corrected chi connectivity index (χ0v) is 14.0. The number of rotatable bonds is 3. The molecule has 2 aromatic carbocycles. The second-order valence-electron chi connectivity index (χ2n) is 4.94. The number of aromatic carboxylic acids is 1. The highest BCUT2D eigenvalue weighted by molar-refractivity contribution is 7.12. The van der Waals surface area contributed by atoms with Gasteiger partial charge in [0.05, 0.1) is 5.69 Å². The lowest BCUT2D eigenvalue weighted by Crippen LogP contribution is -2.11. The van der Waals surface area contributed by atoms with Gasteiger partial charge >= 0.3 is 5.97 Å². The van der Waals surface area contributed by atoms with E-state index in [4.69, 9.17) is 16.7 Å². The number of carbonyl (C=O) groups is 1. The average Bonchev–Trinajstić information content (AvgIpc) is 2.90. The Labute approximate surface area is 145 Å². The molecule has 1 aromatic heterocycles. The molecule has 0 saturated carbocycles. The van der Waals surface area contributed by atoms with Gasteiger partial charge in [-0.2, -0.15) is 5.10 Å². The summed E-state index contributed by atoms with van der Waals surface area (Å²) < 4.78 is 1.61. The van der Waals surface area contributed by atoms with Gasteiger partial charge in [0.15, 0.2) is 0 Å². The normalized spacial score (nSPS) is 11.7. The van der Waals surface area contributed by atoms with E-state index in [1.54, 1.807) is 29.9 Å². The molecule has 0 spiro atoms. The fraction of sp³-hybridized carbons (Fsp3) is 0.0625. The lowest BCUT2D eigenvalue weighted by Gasteiger charge is -2.00. The fourth-order valence-corrected chi connectivity index (χ4v) is 3.07. The summed E-state index contributed by atoms with van der Waals surface area (Å²) in [7, 11) is 1.76. The van der Waals surface area contributed by atoms with Crippen molar-refractivity contribution >= 4 is 34.6 Å². The molecule has 0 bridgehead atoms. The van der Waals surface area contributed by atoms with Gasteiger partial charge in [-0.05, 0) is 30.3 Å². The van der Waals surface area contributed by atoms with Crippen molar-refractivity contribution in [2.75, 3.05) is 0 Å². The predicted octanol–water partition coefficient (Wildman–Crippen LogP) is 3.44. The third-order valence-corrected chi connectivity index (χ3v) is 4.53. The van der Waals surface area contributed by atoms with E-state index in [9.17, 15) is 9.90 Å². The number of carboxylic acids is 1. The Bertz CT molecular complexity index is 977. The molecular weight excluding hydrogens is 350 g/mol. The van der Waals surface area contributed by atoms with Gasteiger partial charge in [-0.3, -0.25) is 0 Å². The van der Waals surface area contributed by atoms with Crippen LogP contribution in [0, 0.1) is 0 Å². The van der Waals surface area contributed by atoms with E-state index in [0.29, 0.717) is 15.5 Å². The minimum absolute atomic E-state index is 0.193. The molecule has 0 amide bonds. The van der Waals surface area contributed by atoms with Gasteiger partial charge in [0.1, 0.15) is 16.3 Å². The third-order valence-electron chi connectivity index (χ3n) is 3.23. The quantitative estimate of drug-likeness (QED) is 0.748. The van der Waals surface area contributed by atoms with Crippen LogP contribution in [-0.4, -0.2) is 26.0 Å². The van der Waals surface area contributed by atoms with Gasteiger partial charge < -0.3 is 10.2 Å². The molecule has 122 valence electrons. The molecule has 24 heavy (non-hydrogen) atoms. The molecule has 0 radical (unpaired) electrons. The number of hydrogen-bond acceptors (Lipinski definition) is 5. The molecule has 8 heteroatoms. The number of nitrogens with zero attached hydrogens (tertiary/aromatic N) is 3. The number of carboxylic acid groups (broad SMARTS) is 1. The van der Waals surface area contributed by atoms with Gasteiger partial charge in [0.2, 0.25) is 4.80 Å². The van der Waals surface area contributed by atoms with Crippen LogP contribution in [-0.2, 0) is 7.05 Å². The Morgan fingerprint density at radius 2 is 1.96 bits per heavy atom. The maximum absolute atomic E-state index is 11.1.